The smallest absolute Gasteiger partial charge is 0.228 e. The molecule has 1 atom stereocenters. The fraction of sp³-hybridized carbons (Fsp3) is 0.385. The summed E-state index contributed by atoms with van der Waals surface area (Å²) in [5.41, 5.74) is 0.715. The molecule has 0 saturated carbocycles. The summed E-state index contributed by atoms with van der Waals surface area (Å²) in [6.45, 7) is 0.0106. The van der Waals surface area contributed by atoms with Crippen molar-refractivity contribution in [2.24, 2.45) is 5.92 Å². The van der Waals surface area contributed by atoms with E-state index in [0.717, 1.165) is 17.9 Å². The van der Waals surface area contributed by atoms with E-state index in [1.165, 1.54) is 0 Å². The Kier molecular flexibility index (Phi) is 4.48. The molecule has 0 bridgehead atoms. The number of anilines is 1. The molecule has 0 aliphatic carbocycles. The van der Waals surface area contributed by atoms with Crippen molar-refractivity contribution in [3.63, 3.8) is 0 Å². The van der Waals surface area contributed by atoms with Gasteiger partial charge in [0.25, 0.3) is 0 Å². The Labute approximate surface area is 110 Å². The van der Waals surface area contributed by atoms with Gasteiger partial charge >= 0.3 is 0 Å². The number of nitrogens with one attached hydrogen (secondary N) is 1. The molecule has 1 aliphatic heterocycles. The minimum atomic E-state index is 0.0106. The molecule has 18 heavy (non-hydrogen) atoms. The van der Waals surface area contributed by atoms with Crippen LogP contribution in [-0.2, 0) is 4.79 Å². The minimum absolute atomic E-state index is 0.0106. The number of hydrogen-bond donors (Lipinski definition) is 1. The Hall–Kier alpha value is -1.67. The van der Waals surface area contributed by atoms with E-state index in [0.29, 0.717) is 11.4 Å². The number of rotatable bonds is 4. The van der Waals surface area contributed by atoms with Crippen LogP contribution in [0.15, 0.2) is 24.3 Å². The molecule has 1 fully saturated rings. The lowest BCUT2D eigenvalue weighted by Gasteiger charge is -2.10. The summed E-state index contributed by atoms with van der Waals surface area (Å²) >= 11 is 1.81. The van der Waals surface area contributed by atoms with Crippen molar-refractivity contribution in [1.29, 1.82) is 5.26 Å². The van der Waals surface area contributed by atoms with E-state index in [4.69, 9.17) is 10.00 Å². The molecule has 1 aromatic rings. The van der Waals surface area contributed by atoms with Crippen molar-refractivity contribution in [2.45, 2.75) is 6.42 Å². The summed E-state index contributed by atoms with van der Waals surface area (Å²) in [6.07, 6.45) is 0.946. The number of thioether (sulfide) groups is 1. The highest BCUT2D eigenvalue weighted by Crippen LogP contribution is 2.25. The Morgan fingerprint density at radius 1 is 1.61 bits per heavy atom. The fourth-order valence-electron chi connectivity index (χ4n) is 1.76. The van der Waals surface area contributed by atoms with Crippen LogP contribution < -0.4 is 10.1 Å². The maximum Gasteiger partial charge on any atom is 0.228 e. The number of nitrogens with zero attached hydrogens (tertiary/aromatic N) is 1. The lowest BCUT2D eigenvalue weighted by molar-refractivity contribution is -0.119. The Bertz CT molecular complexity index is 464. The van der Waals surface area contributed by atoms with Crippen LogP contribution in [0, 0.1) is 17.2 Å². The maximum absolute atomic E-state index is 11.9. The molecule has 1 unspecified atom stereocenters. The minimum Gasteiger partial charge on any atom is -0.479 e. The molecule has 0 radical (unpaired) electrons. The Balaban J connectivity index is 1.96. The van der Waals surface area contributed by atoms with Gasteiger partial charge in [-0.25, -0.2) is 0 Å². The van der Waals surface area contributed by atoms with Crippen molar-refractivity contribution >= 4 is 23.4 Å². The van der Waals surface area contributed by atoms with E-state index in [-0.39, 0.29) is 18.4 Å². The number of hydrogen-bond acceptors (Lipinski definition) is 4. The number of ether oxygens (including phenoxy) is 1. The first kappa shape index (κ1) is 12.8. The van der Waals surface area contributed by atoms with Crippen LogP contribution in [0.5, 0.6) is 5.75 Å². The van der Waals surface area contributed by atoms with Gasteiger partial charge in [0.1, 0.15) is 11.8 Å². The SMILES string of the molecule is N#CCOc1cccc(NC(=O)C2CCSC2)c1. The molecule has 1 heterocycles. The Morgan fingerprint density at radius 2 is 2.50 bits per heavy atom. The fourth-order valence-corrected chi connectivity index (χ4v) is 2.99. The van der Waals surface area contributed by atoms with E-state index >= 15 is 0 Å². The second kappa shape index (κ2) is 6.31. The predicted molar refractivity (Wildman–Crippen MR) is 71.6 cm³/mol. The van der Waals surface area contributed by atoms with Crippen LogP contribution in [0.1, 0.15) is 6.42 Å². The molecule has 0 aromatic heterocycles. The summed E-state index contributed by atoms with van der Waals surface area (Å²) in [5, 5.41) is 11.3. The first-order valence-corrected chi connectivity index (χ1v) is 6.93. The third kappa shape index (κ3) is 3.41. The predicted octanol–water partition coefficient (Wildman–Crippen LogP) is 2.28. The summed E-state index contributed by atoms with van der Waals surface area (Å²) in [5.74, 6) is 2.73. The molecule has 1 amide bonds. The van der Waals surface area contributed by atoms with Crippen molar-refractivity contribution in [3.8, 4) is 11.8 Å². The molecule has 2 rings (SSSR count). The highest BCUT2D eigenvalue weighted by Gasteiger charge is 2.23. The van der Waals surface area contributed by atoms with Gasteiger partial charge in [0.05, 0.1) is 0 Å². The molecule has 1 N–H and O–H groups in total. The van der Waals surface area contributed by atoms with Gasteiger partial charge in [0, 0.05) is 23.4 Å². The van der Waals surface area contributed by atoms with Crippen molar-refractivity contribution in [1.82, 2.24) is 0 Å². The zero-order chi connectivity index (χ0) is 12.8. The molecule has 0 spiro atoms. The highest BCUT2D eigenvalue weighted by molar-refractivity contribution is 7.99. The average Bonchev–Trinajstić information content (AvgIpc) is 2.91. The summed E-state index contributed by atoms with van der Waals surface area (Å²) in [7, 11) is 0. The first-order chi connectivity index (χ1) is 8.79. The monoisotopic (exact) mass is 262 g/mol. The van der Waals surface area contributed by atoms with Crippen molar-refractivity contribution in [2.75, 3.05) is 23.4 Å². The number of amides is 1. The lowest BCUT2D eigenvalue weighted by atomic mass is 10.1. The maximum atomic E-state index is 11.9. The quantitative estimate of drug-likeness (QED) is 0.904. The van der Waals surface area contributed by atoms with Gasteiger partial charge in [-0.15, -0.1) is 0 Å². The van der Waals surface area contributed by atoms with Gasteiger partial charge in [0.2, 0.25) is 5.91 Å². The largest absolute Gasteiger partial charge is 0.479 e. The van der Waals surface area contributed by atoms with Crippen LogP contribution in [0.2, 0.25) is 0 Å². The third-order valence-electron chi connectivity index (χ3n) is 2.71. The molecular formula is C13H14N2O2S. The lowest BCUT2D eigenvalue weighted by Crippen LogP contribution is -2.22. The van der Waals surface area contributed by atoms with Gasteiger partial charge in [-0.05, 0) is 24.3 Å². The normalized spacial score (nSPS) is 18.1. The van der Waals surface area contributed by atoms with Gasteiger partial charge in [-0.1, -0.05) is 6.07 Å². The third-order valence-corrected chi connectivity index (χ3v) is 3.87. The van der Waals surface area contributed by atoms with Crippen LogP contribution in [0.4, 0.5) is 5.69 Å². The first-order valence-electron chi connectivity index (χ1n) is 5.78. The highest BCUT2D eigenvalue weighted by atomic mass is 32.2. The molecule has 1 saturated heterocycles. The van der Waals surface area contributed by atoms with E-state index in [1.54, 1.807) is 18.2 Å². The zero-order valence-electron chi connectivity index (χ0n) is 9.89. The number of carbonyl (C=O) groups excluding carboxylic acids is 1. The summed E-state index contributed by atoms with van der Waals surface area (Å²) in [6, 6.07) is 9.02. The Morgan fingerprint density at radius 3 is 3.22 bits per heavy atom. The molecule has 5 heteroatoms. The number of nitriles is 1. The van der Waals surface area contributed by atoms with Crippen LogP contribution >= 0.6 is 11.8 Å². The standard InChI is InChI=1S/C13H14N2O2S/c14-5-6-17-12-3-1-2-11(8-12)15-13(16)10-4-7-18-9-10/h1-3,8,10H,4,6-7,9H2,(H,15,16). The van der Waals surface area contributed by atoms with E-state index in [2.05, 4.69) is 5.32 Å². The van der Waals surface area contributed by atoms with Crippen LogP contribution in [-0.4, -0.2) is 24.0 Å². The van der Waals surface area contributed by atoms with E-state index < -0.39 is 0 Å². The summed E-state index contributed by atoms with van der Waals surface area (Å²) < 4.78 is 5.19. The molecule has 1 aromatic carbocycles. The van der Waals surface area contributed by atoms with Gasteiger partial charge < -0.3 is 10.1 Å². The van der Waals surface area contributed by atoms with Crippen LogP contribution in [0.25, 0.3) is 0 Å². The van der Waals surface area contributed by atoms with Crippen LogP contribution in [0.3, 0.4) is 0 Å². The topological polar surface area (TPSA) is 62.1 Å². The second-order valence-corrected chi connectivity index (χ2v) is 5.17. The molecule has 1 aliphatic rings. The zero-order valence-corrected chi connectivity index (χ0v) is 10.7. The van der Waals surface area contributed by atoms with E-state index in [9.17, 15) is 4.79 Å². The molecule has 94 valence electrons. The molecular weight excluding hydrogens is 248 g/mol. The van der Waals surface area contributed by atoms with Gasteiger partial charge in [0.15, 0.2) is 6.61 Å². The molecule has 4 nitrogen and oxygen atoms in total. The number of benzene rings is 1. The average molecular weight is 262 g/mol. The number of carbonyl (C=O) groups is 1. The van der Waals surface area contributed by atoms with Crippen molar-refractivity contribution in [3.05, 3.63) is 24.3 Å². The summed E-state index contributed by atoms with van der Waals surface area (Å²) in [4.78, 5) is 11.9. The van der Waals surface area contributed by atoms with E-state index in [1.807, 2.05) is 23.9 Å². The second-order valence-electron chi connectivity index (χ2n) is 4.02. The van der Waals surface area contributed by atoms with Gasteiger partial charge in [-0.3, -0.25) is 4.79 Å². The van der Waals surface area contributed by atoms with Crippen molar-refractivity contribution < 1.29 is 9.53 Å². The van der Waals surface area contributed by atoms with Gasteiger partial charge in [-0.2, -0.15) is 17.0 Å².